The van der Waals surface area contributed by atoms with Gasteiger partial charge in [0.05, 0.1) is 17.3 Å². The molecule has 2 aromatic carbocycles. The molecule has 16 heteroatoms. The van der Waals surface area contributed by atoms with E-state index in [1.165, 1.54) is 6.07 Å². The first-order valence-electron chi connectivity index (χ1n) is 19.1. The second kappa shape index (κ2) is 17.3. The molecule has 0 bridgehead atoms. The van der Waals surface area contributed by atoms with Gasteiger partial charge in [-0.15, -0.1) is 0 Å². The van der Waals surface area contributed by atoms with Gasteiger partial charge in [0.25, 0.3) is 11.7 Å². The number of piperidine rings is 1. The summed E-state index contributed by atoms with van der Waals surface area (Å²) >= 11 is 0. The molecule has 15 nitrogen and oxygen atoms in total. The van der Waals surface area contributed by atoms with Gasteiger partial charge in [0, 0.05) is 74.6 Å². The fraction of sp³-hybridized carbons (Fsp3) is 0.333. The highest BCUT2D eigenvalue weighted by Gasteiger charge is 2.29. The van der Waals surface area contributed by atoms with Gasteiger partial charge in [-0.3, -0.25) is 30.0 Å². The number of pyridine rings is 1. The lowest BCUT2D eigenvalue weighted by Crippen LogP contribution is -2.47. The first-order valence-corrected chi connectivity index (χ1v) is 19.1. The van der Waals surface area contributed by atoms with Gasteiger partial charge in [0.2, 0.25) is 17.7 Å². The number of rotatable bonds is 13. The molecule has 2 saturated heterocycles. The normalized spacial score (nSPS) is 16.6. The molecule has 0 spiro atoms. The Labute approximate surface area is 334 Å². The van der Waals surface area contributed by atoms with Crippen molar-refractivity contribution in [3.63, 3.8) is 0 Å². The molecule has 0 aliphatic carbocycles. The molecule has 58 heavy (non-hydrogen) atoms. The van der Waals surface area contributed by atoms with Crippen molar-refractivity contribution in [1.82, 2.24) is 35.6 Å². The highest BCUT2D eigenvalue weighted by Crippen LogP contribution is 2.27. The Morgan fingerprint density at radius 2 is 1.86 bits per heavy atom. The van der Waals surface area contributed by atoms with Crippen LogP contribution in [0.2, 0.25) is 0 Å². The van der Waals surface area contributed by atoms with Crippen LogP contribution < -0.4 is 20.3 Å². The van der Waals surface area contributed by atoms with Crippen molar-refractivity contribution in [2.75, 3.05) is 44.2 Å². The minimum Gasteiger partial charge on any atom is -0.492 e. The van der Waals surface area contributed by atoms with Crippen LogP contribution in [0.25, 0.3) is 11.1 Å². The average Bonchev–Trinajstić information content (AvgIpc) is 3.92. The molecule has 300 valence electrons. The van der Waals surface area contributed by atoms with Crippen LogP contribution in [0.15, 0.2) is 82.6 Å². The molecular formula is C42H45FN10O5. The predicted octanol–water partition coefficient (Wildman–Crippen LogP) is 4.99. The largest absolute Gasteiger partial charge is 0.492 e. The molecule has 5 aromatic rings. The summed E-state index contributed by atoms with van der Waals surface area (Å²) in [5.74, 6) is -0.109. The van der Waals surface area contributed by atoms with Gasteiger partial charge in [-0.05, 0) is 53.4 Å². The number of imide groups is 1. The number of nitrogens with zero attached hydrogens (tertiary/aromatic N) is 6. The van der Waals surface area contributed by atoms with E-state index in [9.17, 15) is 14.4 Å². The standard InChI is InChI=1S/C42H45FN10O5/c1-42(2,3)41-50-38(51-58-41)40(56)47-23-29-5-4-27(20-33(29)43)37(48-25-44)34-21-30(24-45-34)26-6-9-31(10-7-26)57-19-18-52-14-16-53(17-15-52)35-12-8-28(22-46-35)32-11-13-36(54)49-39(32)55/h4-10,12,20-22,24-25,32,44-45H,11,13-19,23H2,1-3H3,(H,47,56)(H,49,54,55). The lowest BCUT2D eigenvalue weighted by molar-refractivity contribution is -0.134. The van der Waals surface area contributed by atoms with E-state index in [0.29, 0.717) is 42.3 Å². The van der Waals surface area contributed by atoms with Gasteiger partial charge in [-0.25, -0.2) is 14.4 Å². The van der Waals surface area contributed by atoms with E-state index in [4.69, 9.17) is 14.7 Å². The molecule has 2 aliphatic heterocycles. The second-order valence-electron chi connectivity index (χ2n) is 15.2. The lowest BCUT2D eigenvalue weighted by Gasteiger charge is -2.35. The summed E-state index contributed by atoms with van der Waals surface area (Å²) in [6, 6.07) is 18.1. The molecule has 1 atom stereocenters. The van der Waals surface area contributed by atoms with E-state index in [1.54, 1.807) is 18.3 Å². The Hall–Kier alpha value is -6.55. The summed E-state index contributed by atoms with van der Waals surface area (Å²) in [7, 11) is 0. The number of aromatic amines is 1. The van der Waals surface area contributed by atoms with E-state index in [1.807, 2.05) is 69.4 Å². The number of benzene rings is 2. The Balaban J connectivity index is 0.879. The monoisotopic (exact) mass is 788 g/mol. The molecule has 3 amide bonds. The molecule has 2 aliphatic rings. The molecule has 3 aromatic heterocycles. The van der Waals surface area contributed by atoms with E-state index in [-0.39, 0.29) is 35.7 Å². The maximum atomic E-state index is 15.3. The van der Waals surface area contributed by atoms with Crippen molar-refractivity contribution in [2.45, 2.75) is 51.5 Å². The zero-order chi connectivity index (χ0) is 40.8. The Kier molecular flexibility index (Phi) is 11.8. The molecule has 7 rings (SSSR count). The maximum Gasteiger partial charge on any atom is 0.292 e. The lowest BCUT2D eigenvalue weighted by atomic mass is 9.92. The summed E-state index contributed by atoms with van der Waals surface area (Å²) in [6.45, 7) is 10.3. The average molecular weight is 789 g/mol. The van der Waals surface area contributed by atoms with Crippen LogP contribution in [0.5, 0.6) is 5.75 Å². The van der Waals surface area contributed by atoms with Gasteiger partial charge < -0.3 is 24.5 Å². The minimum absolute atomic E-state index is 0.0871. The van der Waals surface area contributed by atoms with Crippen molar-refractivity contribution in [2.24, 2.45) is 4.99 Å². The summed E-state index contributed by atoms with van der Waals surface area (Å²) in [4.78, 5) is 57.0. The van der Waals surface area contributed by atoms with Crippen molar-refractivity contribution >= 4 is 35.6 Å². The van der Waals surface area contributed by atoms with Crippen molar-refractivity contribution in [3.8, 4) is 16.9 Å². The van der Waals surface area contributed by atoms with Crippen LogP contribution in [-0.2, 0) is 21.5 Å². The first kappa shape index (κ1) is 39.7. The van der Waals surface area contributed by atoms with E-state index in [2.05, 4.69) is 45.5 Å². The van der Waals surface area contributed by atoms with Gasteiger partial charge in [-0.2, -0.15) is 4.98 Å². The molecule has 2 fully saturated rings. The SMILES string of the molecule is CC(C)(C)c1nc(C(=O)NCc2ccc(C(=NC=N)c3cc(-c4ccc(OCCN5CCN(c6ccc(C7CCC(=O)NC7=O)cn6)CC5)cc4)c[nH]3)cc2F)no1. The number of hydrogen-bond acceptors (Lipinski definition) is 11. The quantitative estimate of drug-likeness (QED) is 0.0717. The predicted molar refractivity (Wildman–Crippen MR) is 215 cm³/mol. The number of aliphatic imine (C=N–C) groups is 1. The van der Waals surface area contributed by atoms with Gasteiger partial charge in [0.1, 0.15) is 30.3 Å². The van der Waals surface area contributed by atoms with Gasteiger partial charge in [0.15, 0.2) is 0 Å². The minimum atomic E-state index is -0.577. The molecular weight excluding hydrogens is 744 g/mol. The summed E-state index contributed by atoms with van der Waals surface area (Å²) in [5.41, 5.74) is 3.94. The van der Waals surface area contributed by atoms with Crippen LogP contribution in [0.4, 0.5) is 10.2 Å². The molecule has 0 saturated carbocycles. The van der Waals surface area contributed by atoms with Crippen LogP contribution in [0, 0.1) is 11.2 Å². The van der Waals surface area contributed by atoms with Crippen LogP contribution >= 0.6 is 0 Å². The zero-order valence-corrected chi connectivity index (χ0v) is 32.5. The van der Waals surface area contributed by atoms with Crippen LogP contribution in [0.1, 0.15) is 78.4 Å². The van der Waals surface area contributed by atoms with E-state index < -0.39 is 17.1 Å². The number of amides is 3. The third-order valence-corrected chi connectivity index (χ3v) is 10.1. The fourth-order valence-corrected chi connectivity index (χ4v) is 6.81. The second-order valence-corrected chi connectivity index (χ2v) is 15.2. The van der Waals surface area contributed by atoms with E-state index in [0.717, 1.165) is 67.3 Å². The number of anilines is 1. The number of aromatic nitrogens is 4. The topological polar surface area (TPSA) is 195 Å². The smallest absolute Gasteiger partial charge is 0.292 e. The number of nitrogens with one attached hydrogen (secondary N) is 4. The Morgan fingerprint density at radius 1 is 1.07 bits per heavy atom. The summed E-state index contributed by atoms with van der Waals surface area (Å²) < 4.78 is 26.5. The zero-order valence-electron chi connectivity index (χ0n) is 32.5. The van der Waals surface area contributed by atoms with Gasteiger partial charge in [-0.1, -0.05) is 56.3 Å². The number of carbonyl (C=O) groups is 3. The highest BCUT2D eigenvalue weighted by molar-refractivity contribution is 6.14. The molecule has 0 radical (unpaired) electrons. The molecule has 4 N–H and O–H groups in total. The number of carbonyl (C=O) groups excluding carboxylic acids is 3. The third kappa shape index (κ3) is 9.35. The van der Waals surface area contributed by atoms with Crippen molar-refractivity contribution in [3.05, 3.63) is 113 Å². The van der Waals surface area contributed by atoms with Crippen molar-refractivity contribution in [1.29, 1.82) is 5.41 Å². The number of halogens is 1. The third-order valence-electron chi connectivity index (χ3n) is 10.1. The molecule has 5 heterocycles. The number of ether oxygens (including phenoxy) is 1. The van der Waals surface area contributed by atoms with Crippen molar-refractivity contribution < 1.29 is 28.0 Å². The number of H-pyrrole nitrogens is 1. The summed E-state index contributed by atoms with van der Waals surface area (Å²) in [5, 5.41) is 16.4. The number of piperazine rings is 1. The van der Waals surface area contributed by atoms with Crippen LogP contribution in [0.3, 0.4) is 0 Å². The van der Waals surface area contributed by atoms with Gasteiger partial charge >= 0.3 is 0 Å². The van der Waals surface area contributed by atoms with E-state index >= 15 is 4.39 Å². The Morgan fingerprint density at radius 3 is 2.53 bits per heavy atom. The Bertz CT molecular complexity index is 2310. The highest BCUT2D eigenvalue weighted by atomic mass is 19.1. The van der Waals surface area contributed by atoms with Crippen LogP contribution in [-0.4, -0.2) is 94.1 Å². The maximum absolute atomic E-state index is 15.3. The number of hydrogen-bond donors (Lipinski definition) is 4. The first-order chi connectivity index (χ1) is 27.9. The fourth-order valence-electron chi connectivity index (χ4n) is 6.81. The summed E-state index contributed by atoms with van der Waals surface area (Å²) in [6.07, 6.45) is 5.33. The molecule has 1 unspecified atom stereocenters.